The lowest BCUT2D eigenvalue weighted by Gasteiger charge is -2.16. The Morgan fingerprint density at radius 1 is 1.38 bits per heavy atom. The van der Waals surface area contributed by atoms with Crippen molar-refractivity contribution in [3.05, 3.63) is 23.8 Å². The number of benzene rings is 1. The highest BCUT2D eigenvalue weighted by Crippen LogP contribution is 2.34. The second-order valence-corrected chi connectivity index (χ2v) is 3.36. The molecule has 1 unspecified atom stereocenters. The van der Waals surface area contributed by atoms with Gasteiger partial charge in [-0.3, -0.25) is 4.79 Å². The molecule has 0 saturated heterocycles. The van der Waals surface area contributed by atoms with E-state index in [1.165, 1.54) is 7.11 Å². The van der Waals surface area contributed by atoms with Crippen LogP contribution in [0.1, 0.15) is 18.0 Å². The van der Waals surface area contributed by atoms with Crippen molar-refractivity contribution >= 4 is 5.91 Å². The maximum atomic E-state index is 10.8. The molecule has 0 aromatic heterocycles. The van der Waals surface area contributed by atoms with Gasteiger partial charge in [-0.05, 0) is 6.07 Å². The minimum absolute atomic E-state index is 0.0729. The van der Waals surface area contributed by atoms with Crippen LogP contribution < -0.4 is 20.9 Å². The van der Waals surface area contributed by atoms with Crippen molar-refractivity contribution in [2.24, 2.45) is 11.5 Å². The standard InChI is InChI=1S/C11H16N2O3/c1-15-9-5-3-4-7(11(9)16-2)8(12)6-10(13)14/h3-5,8H,6,12H2,1-2H3,(H2,13,14). The predicted octanol–water partition coefficient (Wildman–Crippen LogP) is 0.579. The third kappa shape index (κ3) is 2.64. The van der Waals surface area contributed by atoms with E-state index in [1.807, 2.05) is 0 Å². The van der Waals surface area contributed by atoms with Gasteiger partial charge in [0.25, 0.3) is 0 Å². The first kappa shape index (κ1) is 12.3. The summed E-state index contributed by atoms with van der Waals surface area (Å²) in [5.74, 6) is 0.677. The Labute approximate surface area is 94.3 Å². The molecule has 88 valence electrons. The predicted molar refractivity (Wildman–Crippen MR) is 60.3 cm³/mol. The van der Waals surface area contributed by atoms with Gasteiger partial charge in [0.2, 0.25) is 5.91 Å². The molecule has 0 fully saturated rings. The summed E-state index contributed by atoms with van der Waals surface area (Å²) < 4.78 is 10.3. The summed E-state index contributed by atoms with van der Waals surface area (Å²) >= 11 is 0. The zero-order valence-electron chi connectivity index (χ0n) is 9.40. The van der Waals surface area contributed by atoms with E-state index in [2.05, 4.69) is 0 Å². The first-order valence-electron chi connectivity index (χ1n) is 4.85. The van der Waals surface area contributed by atoms with E-state index in [9.17, 15) is 4.79 Å². The zero-order valence-corrected chi connectivity index (χ0v) is 9.40. The smallest absolute Gasteiger partial charge is 0.219 e. The van der Waals surface area contributed by atoms with Crippen LogP contribution in [0.2, 0.25) is 0 Å². The van der Waals surface area contributed by atoms with Crippen molar-refractivity contribution in [1.82, 2.24) is 0 Å². The molecule has 0 heterocycles. The van der Waals surface area contributed by atoms with Crippen LogP contribution in [-0.2, 0) is 4.79 Å². The molecule has 1 atom stereocenters. The molecule has 0 aliphatic heterocycles. The van der Waals surface area contributed by atoms with E-state index in [0.29, 0.717) is 17.1 Å². The van der Waals surface area contributed by atoms with Crippen LogP contribution >= 0.6 is 0 Å². The van der Waals surface area contributed by atoms with Crippen molar-refractivity contribution in [2.45, 2.75) is 12.5 Å². The number of primary amides is 1. The van der Waals surface area contributed by atoms with E-state index < -0.39 is 11.9 Å². The van der Waals surface area contributed by atoms with Gasteiger partial charge in [-0.25, -0.2) is 0 Å². The molecule has 1 aromatic carbocycles. The molecule has 1 aromatic rings. The Hall–Kier alpha value is -1.75. The summed E-state index contributed by atoms with van der Waals surface area (Å²) in [6.07, 6.45) is 0.0729. The SMILES string of the molecule is COc1cccc(C(N)CC(N)=O)c1OC. The first-order chi connectivity index (χ1) is 7.60. The summed E-state index contributed by atoms with van der Waals surface area (Å²) in [6, 6.07) is 4.86. The molecule has 16 heavy (non-hydrogen) atoms. The number of carbonyl (C=O) groups is 1. The summed E-state index contributed by atoms with van der Waals surface area (Å²) in [5.41, 5.74) is 11.7. The van der Waals surface area contributed by atoms with E-state index in [0.717, 1.165) is 0 Å². The molecular formula is C11H16N2O3. The molecule has 0 spiro atoms. The Bertz CT molecular complexity index is 379. The van der Waals surface area contributed by atoms with Crippen LogP contribution in [-0.4, -0.2) is 20.1 Å². The largest absolute Gasteiger partial charge is 0.493 e. The lowest BCUT2D eigenvalue weighted by atomic mass is 10.0. The van der Waals surface area contributed by atoms with Crippen LogP contribution in [0.5, 0.6) is 11.5 Å². The second kappa shape index (κ2) is 5.37. The van der Waals surface area contributed by atoms with E-state index in [4.69, 9.17) is 20.9 Å². The number of ether oxygens (including phenoxy) is 2. The highest BCUT2D eigenvalue weighted by Gasteiger charge is 2.17. The van der Waals surface area contributed by atoms with Gasteiger partial charge in [-0.2, -0.15) is 0 Å². The maximum Gasteiger partial charge on any atom is 0.219 e. The minimum atomic E-state index is -0.484. The number of carbonyl (C=O) groups excluding carboxylic acids is 1. The summed E-state index contributed by atoms with van der Waals surface area (Å²) in [7, 11) is 3.07. The normalized spacial score (nSPS) is 11.9. The average molecular weight is 224 g/mol. The topological polar surface area (TPSA) is 87.6 Å². The molecule has 0 aliphatic rings. The van der Waals surface area contributed by atoms with E-state index in [-0.39, 0.29) is 6.42 Å². The number of rotatable bonds is 5. The number of nitrogens with two attached hydrogens (primary N) is 2. The third-order valence-corrected chi connectivity index (χ3v) is 2.25. The molecule has 5 heteroatoms. The molecule has 0 bridgehead atoms. The monoisotopic (exact) mass is 224 g/mol. The Morgan fingerprint density at radius 2 is 2.06 bits per heavy atom. The number of methoxy groups -OCH3 is 2. The van der Waals surface area contributed by atoms with Crippen molar-refractivity contribution in [3.63, 3.8) is 0 Å². The van der Waals surface area contributed by atoms with Crippen molar-refractivity contribution in [1.29, 1.82) is 0 Å². The van der Waals surface area contributed by atoms with E-state index in [1.54, 1.807) is 25.3 Å². The van der Waals surface area contributed by atoms with E-state index >= 15 is 0 Å². The molecule has 0 radical (unpaired) electrons. The highest BCUT2D eigenvalue weighted by molar-refractivity contribution is 5.75. The Morgan fingerprint density at radius 3 is 2.56 bits per heavy atom. The molecule has 0 saturated carbocycles. The van der Waals surface area contributed by atoms with Crippen LogP contribution in [0.25, 0.3) is 0 Å². The van der Waals surface area contributed by atoms with Gasteiger partial charge in [-0.1, -0.05) is 12.1 Å². The fourth-order valence-corrected chi connectivity index (χ4v) is 1.53. The molecule has 0 aliphatic carbocycles. The fourth-order valence-electron chi connectivity index (χ4n) is 1.53. The lowest BCUT2D eigenvalue weighted by Crippen LogP contribution is -2.21. The van der Waals surface area contributed by atoms with Gasteiger partial charge < -0.3 is 20.9 Å². The minimum Gasteiger partial charge on any atom is -0.493 e. The Balaban J connectivity index is 3.07. The quantitative estimate of drug-likeness (QED) is 0.765. The van der Waals surface area contributed by atoms with Crippen molar-refractivity contribution < 1.29 is 14.3 Å². The van der Waals surface area contributed by atoms with Crippen LogP contribution in [0.4, 0.5) is 0 Å². The first-order valence-corrected chi connectivity index (χ1v) is 4.85. The van der Waals surface area contributed by atoms with Gasteiger partial charge in [0.15, 0.2) is 11.5 Å². The third-order valence-electron chi connectivity index (χ3n) is 2.25. The molecule has 1 rings (SSSR count). The van der Waals surface area contributed by atoms with Crippen molar-refractivity contribution in [2.75, 3.05) is 14.2 Å². The summed E-state index contributed by atoms with van der Waals surface area (Å²) in [5, 5.41) is 0. The highest BCUT2D eigenvalue weighted by atomic mass is 16.5. The number of amides is 1. The average Bonchev–Trinajstić information content (AvgIpc) is 2.26. The van der Waals surface area contributed by atoms with Crippen LogP contribution in [0.3, 0.4) is 0 Å². The van der Waals surface area contributed by atoms with Crippen LogP contribution in [0, 0.1) is 0 Å². The molecular weight excluding hydrogens is 208 g/mol. The van der Waals surface area contributed by atoms with Crippen LogP contribution in [0.15, 0.2) is 18.2 Å². The fraction of sp³-hybridized carbons (Fsp3) is 0.364. The second-order valence-electron chi connectivity index (χ2n) is 3.36. The summed E-state index contributed by atoms with van der Waals surface area (Å²) in [6.45, 7) is 0. The molecule has 5 nitrogen and oxygen atoms in total. The van der Waals surface area contributed by atoms with Gasteiger partial charge in [0, 0.05) is 18.0 Å². The van der Waals surface area contributed by atoms with Gasteiger partial charge in [0.05, 0.1) is 14.2 Å². The molecule has 4 N–H and O–H groups in total. The summed E-state index contributed by atoms with van der Waals surface area (Å²) in [4.78, 5) is 10.8. The van der Waals surface area contributed by atoms with Gasteiger partial charge in [-0.15, -0.1) is 0 Å². The van der Waals surface area contributed by atoms with Gasteiger partial charge in [0.1, 0.15) is 0 Å². The lowest BCUT2D eigenvalue weighted by molar-refractivity contribution is -0.118. The van der Waals surface area contributed by atoms with Crippen molar-refractivity contribution in [3.8, 4) is 11.5 Å². The zero-order chi connectivity index (χ0) is 12.1. The van der Waals surface area contributed by atoms with Gasteiger partial charge >= 0.3 is 0 Å². The maximum absolute atomic E-state index is 10.8. The number of hydrogen-bond donors (Lipinski definition) is 2. The number of hydrogen-bond acceptors (Lipinski definition) is 4. The number of para-hydroxylation sites is 1. The Kier molecular flexibility index (Phi) is 4.13. The molecule has 1 amide bonds.